The maximum Gasteiger partial charge on any atom is 0.573 e. The van der Waals surface area contributed by atoms with Gasteiger partial charge < -0.3 is 20.3 Å². The van der Waals surface area contributed by atoms with Crippen LogP contribution in [0.2, 0.25) is 0 Å². The van der Waals surface area contributed by atoms with Crippen LogP contribution in [0.3, 0.4) is 0 Å². The van der Waals surface area contributed by atoms with Gasteiger partial charge in [-0.2, -0.15) is 0 Å². The molecule has 3 N–H and O–H groups in total. The number of phenolic OH excluding ortho intramolecular Hbond substituents is 1. The minimum absolute atomic E-state index is 0.0280. The molecule has 1 aromatic rings. The van der Waals surface area contributed by atoms with Crippen molar-refractivity contribution in [1.29, 1.82) is 0 Å². The zero-order valence-electron chi connectivity index (χ0n) is 10.6. The summed E-state index contributed by atoms with van der Waals surface area (Å²) >= 11 is 0. The number of phenols is 1. The third-order valence-electron chi connectivity index (χ3n) is 2.32. The predicted molar refractivity (Wildman–Crippen MR) is 63.0 cm³/mol. The van der Waals surface area contributed by atoms with Crippen LogP contribution in [0, 0.1) is 0 Å². The van der Waals surface area contributed by atoms with E-state index in [2.05, 4.69) is 9.47 Å². The highest BCUT2D eigenvalue weighted by Crippen LogP contribution is 2.31. The van der Waals surface area contributed by atoms with Gasteiger partial charge in [0.05, 0.1) is 13.0 Å². The lowest BCUT2D eigenvalue weighted by atomic mass is 10.0. The Morgan fingerprint density at radius 1 is 1.45 bits per heavy atom. The highest BCUT2D eigenvalue weighted by molar-refractivity contribution is 5.70. The van der Waals surface area contributed by atoms with Gasteiger partial charge in [-0.1, -0.05) is 0 Å². The lowest BCUT2D eigenvalue weighted by Crippen LogP contribution is -2.19. The average molecular weight is 293 g/mol. The normalized spacial score (nSPS) is 12.8. The van der Waals surface area contributed by atoms with E-state index >= 15 is 0 Å². The molecule has 0 aliphatic heterocycles. The summed E-state index contributed by atoms with van der Waals surface area (Å²) in [5.74, 6) is -1.46. The zero-order chi connectivity index (χ0) is 15.3. The first kappa shape index (κ1) is 16.1. The van der Waals surface area contributed by atoms with Crippen molar-refractivity contribution in [2.75, 3.05) is 6.61 Å². The van der Waals surface area contributed by atoms with Crippen LogP contribution in [0.25, 0.3) is 0 Å². The molecule has 8 heteroatoms. The van der Waals surface area contributed by atoms with Crippen molar-refractivity contribution in [2.24, 2.45) is 5.73 Å². The highest BCUT2D eigenvalue weighted by atomic mass is 19.4. The number of aromatic hydroxyl groups is 1. The van der Waals surface area contributed by atoms with Crippen LogP contribution in [0.4, 0.5) is 13.2 Å². The Hall–Kier alpha value is -1.96. The molecule has 0 unspecified atom stereocenters. The van der Waals surface area contributed by atoms with Crippen LogP contribution in [-0.4, -0.2) is 24.0 Å². The van der Waals surface area contributed by atoms with Gasteiger partial charge in [0.25, 0.3) is 0 Å². The van der Waals surface area contributed by atoms with E-state index in [4.69, 9.17) is 5.73 Å². The van der Waals surface area contributed by atoms with E-state index in [0.29, 0.717) is 0 Å². The van der Waals surface area contributed by atoms with Crippen molar-refractivity contribution in [2.45, 2.75) is 25.7 Å². The summed E-state index contributed by atoms with van der Waals surface area (Å²) in [5.41, 5.74) is 5.63. The lowest BCUT2D eigenvalue weighted by molar-refractivity contribution is -0.274. The van der Waals surface area contributed by atoms with Crippen molar-refractivity contribution in [3.05, 3.63) is 23.8 Å². The van der Waals surface area contributed by atoms with Crippen LogP contribution < -0.4 is 10.5 Å². The summed E-state index contributed by atoms with van der Waals surface area (Å²) < 4.78 is 44.7. The molecule has 0 saturated carbocycles. The molecule has 0 bridgehead atoms. The summed E-state index contributed by atoms with van der Waals surface area (Å²) in [5, 5.41) is 9.58. The Kier molecular flexibility index (Phi) is 5.20. The SMILES string of the molecule is CCOC(=O)C[C@H](N)c1cc(OC(F)(F)F)ccc1O. The Morgan fingerprint density at radius 2 is 2.10 bits per heavy atom. The van der Waals surface area contributed by atoms with Crippen LogP contribution in [0.5, 0.6) is 11.5 Å². The molecule has 0 fully saturated rings. The number of halogens is 3. The number of carbonyl (C=O) groups excluding carboxylic acids is 1. The largest absolute Gasteiger partial charge is 0.573 e. The molecule has 1 aromatic carbocycles. The summed E-state index contributed by atoms with van der Waals surface area (Å²) in [6, 6.07) is 1.91. The summed E-state index contributed by atoms with van der Waals surface area (Å²) in [7, 11) is 0. The maximum absolute atomic E-state index is 12.1. The number of ether oxygens (including phenoxy) is 2. The number of hydrogen-bond donors (Lipinski definition) is 2. The third kappa shape index (κ3) is 4.96. The second-order valence-electron chi connectivity index (χ2n) is 3.88. The van der Waals surface area contributed by atoms with E-state index in [1.807, 2.05) is 0 Å². The summed E-state index contributed by atoms with van der Waals surface area (Å²) in [6.45, 7) is 1.77. The van der Waals surface area contributed by atoms with E-state index in [-0.39, 0.29) is 24.3 Å². The Morgan fingerprint density at radius 3 is 2.65 bits per heavy atom. The number of benzene rings is 1. The lowest BCUT2D eigenvalue weighted by Gasteiger charge is -2.15. The van der Waals surface area contributed by atoms with E-state index in [9.17, 15) is 23.1 Å². The fraction of sp³-hybridized carbons (Fsp3) is 0.417. The first-order valence-electron chi connectivity index (χ1n) is 5.72. The van der Waals surface area contributed by atoms with Gasteiger partial charge >= 0.3 is 12.3 Å². The molecular weight excluding hydrogens is 279 g/mol. The topological polar surface area (TPSA) is 81.8 Å². The van der Waals surface area contributed by atoms with Crippen LogP contribution >= 0.6 is 0 Å². The zero-order valence-corrected chi connectivity index (χ0v) is 10.6. The summed E-state index contributed by atoms with van der Waals surface area (Å²) in [6.07, 6.45) is -5.11. The monoisotopic (exact) mass is 293 g/mol. The van der Waals surface area contributed by atoms with E-state index in [0.717, 1.165) is 18.2 Å². The van der Waals surface area contributed by atoms with E-state index in [1.165, 1.54) is 0 Å². The minimum atomic E-state index is -4.85. The van der Waals surface area contributed by atoms with Crippen LogP contribution in [-0.2, 0) is 9.53 Å². The quantitative estimate of drug-likeness (QED) is 0.814. The fourth-order valence-corrected chi connectivity index (χ4v) is 1.54. The van der Waals surface area contributed by atoms with Crippen molar-refractivity contribution < 1.29 is 32.5 Å². The maximum atomic E-state index is 12.1. The summed E-state index contributed by atoms with van der Waals surface area (Å²) in [4.78, 5) is 11.3. The second-order valence-corrected chi connectivity index (χ2v) is 3.88. The third-order valence-corrected chi connectivity index (χ3v) is 2.32. The fourth-order valence-electron chi connectivity index (χ4n) is 1.54. The molecule has 1 rings (SSSR count). The molecule has 1 atom stereocenters. The van der Waals surface area contributed by atoms with Crippen molar-refractivity contribution in [3.8, 4) is 11.5 Å². The van der Waals surface area contributed by atoms with Gasteiger partial charge in [0.2, 0.25) is 0 Å². The first-order valence-corrected chi connectivity index (χ1v) is 5.72. The molecule has 0 heterocycles. The molecule has 0 spiro atoms. The molecule has 20 heavy (non-hydrogen) atoms. The molecule has 0 saturated heterocycles. The number of nitrogens with two attached hydrogens (primary N) is 1. The van der Waals surface area contributed by atoms with Gasteiger partial charge in [-0.3, -0.25) is 4.79 Å². The number of carbonyl (C=O) groups is 1. The van der Waals surface area contributed by atoms with Gasteiger partial charge in [0, 0.05) is 11.6 Å². The van der Waals surface area contributed by atoms with Gasteiger partial charge in [0.1, 0.15) is 11.5 Å². The van der Waals surface area contributed by atoms with Crippen molar-refractivity contribution in [1.82, 2.24) is 0 Å². The van der Waals surface area contributed by atoms with Crippen molar-refractivity contribution in [3.63, 3.8) is 0 Å². The van der Waals surface area contributed by atoms with Gasteiger partial charge in [-0.25, -0.2) is 0 Å². The molecule has 5 nitrogen and oxygen atoms in total. The molecular formula is C12H14F3NO4. The smallest absolute Gasteiger partial charge is 0.508 e. The average Bonchev–Trinajstić information content (AvgIpc) is 2.30. The first-order chi connectivity index (χ1) is 9.23. The molecule has 0 aromatic heterocycles. The molecule has 0 aliphatic rings. The number of hydrogen-bond acceptors (Lipinski definition) is 5. The standard InChI is InChI=1S/C12H14F3NO4/c1-2-19-11(18)6-9(16)8-5-7(3-4-10(8)17)20-12(13,14)15/h3-5,9,17H,2,6,16H2,1H3/t9-/m0/s1. The molecule has 112 valence electrons. The van der Waals surface area contributed by atoms with Crippen LogP contribution in [0.1, 0.15) is 24.9 Å². The van der Waals surface area contributed by atoms with Crippen molar-refractivity contribution >= 4 is 5.97 Å². The highest BCUT2D eigenvalue weighted by Gasteiger charge is 2.31. The van der Waals surface area contributed by atoms with Gasteiger partial charge in [0.15, 0.2) is 0 Å². The van der Waals surface area contributed by atoms with E-state index in [1.54, 1.807) is 6.92 Å². The molecule has 0 radical (unpaired) electrons. The number of rotatable bonds is 5. The Bertz CT molecular complexity index is 476. The molecule has 0 aliphatic carbocycles. The van der Waals surface area contributed by atoms with Gasteiger partial charge in [-0.05, 0) is 25.1 Å². The van der Waals surface area contributed by atoms with Crippen LogP contribution in [0.15, 0.2) is 18.2 Å². The van der Waals surface area contributed by atoms with E-state index < -0.39 is 24.1 Å². The number of esters is 1. The predicted octanol–water partition coefficient (Wildman–Crippen LogP) is 2.24. The second kappa shape index (κ2) is 6.47. The Labute approximate surface area is 113 Å². The van der Waals surface area contributed by atoms with Gasteiger partial charge in [-0.15, -0.1) is 13.2 Å². The minimum Gasteiger partial charge on any atom is -0.508 e. The Balaban J connectivity index is 2.87. The number of alkyl halides is 3. The molecule has 0 amide bonds.